The van der Waals surface area contributed by atoms with Crippen molar-refractivity contribution in [2.45, 2.75) is 75.9 Å². The minimum absolute atomic E-state index is 0.0322. The van der Waals surface area contributed by atoms with Gasteiger partial charge >= 0.3 is 8.25 Å². The molecule has 5 aromatic rings. The first-order valence-corrected chi connectivity index (χ1v) is 20.1. The molecular weight excluding hydrogens is 747 g/mol. The van der Waals surface area contributed by atoms with Crippen molar-refractivity contribution in [2.75, 3.05) is 19.8 Å². The first-order valence-electron chi connectivity index (χ1n) is 19.0. The van der Waals surface area contributed by atoms with E-state index in [9.17, 15) is 14.6 Å². The highest BCUT2D eigenvalue weighted by Gasteiger charge is 2.52. The van der Waals surface area contributed by atoms with Crippen LogP contribution in [0.4, 0.5) is 0 Å². The number of hydrogen-bond acceptors (Lipinski definition) is 10. The van der Waals surface area contributed by atoms with Crippen molar-refractivity contribution in [3.8, 4) is 0 Å². The van der Waals surface area contributed by atoms with Gasteiger partial charge in [0.2, 0.25) is 0 Å². The molecule has 0 bridgehead atoms. The van der Waals surface area contributed by atoms with Gasteiger partial charge in [-0.25, -0.2) is 0 Å². The first kappa shape index (κ1) is 42.4. The van der Waals surface area contributed by atoms with Crippen LogP contribution in [0.15, 0.2) is 152 Å². The molecule has 0 aromatic heterocycles. The largest absolute Gasteiger partial charge is 0.695 e. The summed E-state index contributed by atoms with van der Waals surface area (Å²) in [5.74, 6) is 0. The SMILES string of the molecule is O=[P+](O)O[C@H]1[C@@H](OCc2ccccc2)[C@H](OC[C@H](OCc2ccccc2)[C@H](OCc2ccccc2)[C@@H](CO)OCc2ccccc2)O[C@@H]1COCc1ccccc1. The van der Waals surface area contributed by atoms with Gasteiger partial charge in [0.15, 0.2) is 12.4 Å². The van der Waals surface area contributed by atoms with Crippen LogP contribution < -0.4 is 0 Å². The van der Waals surface area contributed by atoms with Gasteiger partial charge in [-0.05, 0) is 27.8 Å². The van der Waals surface area contributed by atoms with E-state index in [0.717, 1.165) is 27.8 Å². The van der Waals surface area contributed by atoms with Crippen LogP contribution in [0, 0.1) is 0 Å². The van der Waals surface area contributed by atoms with E-state index in [1.54, 1.807) is 0 Å². The molecule has 1 fully saturated rings. The zero-order chi connectivity index (χ0) is 39.5. The van der Waals surface area contributed by atoms with E-state index in [1.165, 1.54) is 0 Å². The number of aliphatic hydroxyl groups is 1. The van der Waals surface area contributed by atoms with Gasteiger partial charge in [0.1, 0.15) is 30.5 Å². The Labute approximate surface area is 335 Å². The van der Waals surface area contributed by atoms with Crippen LogP contribution in [-0.4, -0.2) is 72.7 Å². The standard InChI is InChI=1S/C45H49O11P/c46-26-39(50-28-35-18-8-2-9-19-35)42(52-30-37-22-12-4-13-23-37)40(51-29-36-20-10-3-11-21-36)33-54-45-44(53-31-38-24-14-5-15-25-38)43(56-57(47)48)41(55-45)32-49-27-34-16-6-1-7-17-34/h1-25,39-46H,26-33H2/p+1/t39-,40+,41-,42-,43-,44-,45-/m1/s1. The van der Waals surface area contributed by atoms with Gasteiger partial charge in [-0.3, -0.25) is 0 Å². The highest BCUT2D eigenvalue weighted by molar-refractivity contribution is 7.32. The number of hydrogen-bond donors (Lipinski definition) is 2. The van der Waals surface area contributed by atoms with Crippen LogP contribution in [0.2, 0.25) is 0 Å². The average Bonchev–Trinajstić information content (AvgIpc) is 3.57. The lowest BCUT2D eigenvalue weighted by molar-refractivity contribution is -0.222. The molecule has 2 N–H and O–H groups in total. The lowest BCUT2D eigenvalue weighted by atomic mass is 10.1. The fraction of sp³-hybridized carbons (Fsp3) is 0.333. The quantitative estimate of drug-likeness (QED) is 0.0610. The molecule has 0 spiro atoms. The summed E-state index contributed by atoms with van der Waals surface area (Å²) in [7, 11) is -3.04. The molecule has 1 unspecified atom stereocenters. The summed E-state index contributed by atoms with van der Waals surface area (Å²) in [5, 5.41) is 10.8. The number of benzene rings is 5. The Morgan fingerprint density at radius 1 is 0.544 bits per heavy atom. The summed E-state index contributed by atoms with van der Waals surface area (Å²) in [5.41, 5.74) is 4.62. The van der Waals surface area contributed by atoms with Crippen LogP contribution in [0.1, 0.15) is 27.8 Å². The Hall–Kier alpha value is -4.20. The molecule has 1 heterocycles. The Morgan fingerprint density at radius 2 is 0.982 bits per heavy atom. The Kier molecular flexibility index (Phi) is 17.3. The molecule has 0 radical (unpaired) electrons. The monoisotopic (exact) mass is 797 g/mol. The number of ether oxygens (including phenoxy) is 7. The molecule has 300 valence electrons. The van der Waals surface area contributed by atoms with Crippen molar-refractivity contribution in [3.05, 3.63) is 179 Å². The second kappa shape index (κ2) is 23.3. The van der Waals surface area contributed by atoms with Crippen molar-refractivity contribution in [3.63, 3.8) is 0 Å². The van der Waals surface area contributed by atoms with E-state index in [-0.39, 0.29) is 46.2 Å². The summed E-state index contributed by atoms with van der Waals surface area (Å²) >= 11 is 0. The molecule has 1 aliphatic rings. The predicted molar refractivity (Wildman–Crippen MR) is 213 cm³/mol. The van der Waals surface area contributed by atoms with Crippen molar-refractivity contribution in [2.24, 2.45) is 0 Å². The van der Waals surface area contributed by atoms with E-state index in [0.29, 0.717) is 6.61 Å². The van der Waals surface area contributed by atoms with Gasteiger partial charge in [-0.15, -0.1) is 9.42 Å². The van der Waals surface area contributed by atoms with E-state index < -0.39 is 51.2 Å². The molecule has 0 aliphatic carbocycles. The van der Waals surface area contributed by atoms with Crippen molar-refractivity contribution >= 4 is 8.25 Å². The average molecular weight is 798 g/mol. The fourth-order valence-corrected chi connectivity index (χ4v) is 6.92. The van der Waals surface area contributed by atoms with Crippen LogP contribution >= 0.6 is 8.25 Å². The molecule has 57 heavy (non-hydrogen) atoms. The van der Waals surface area contributed by atoms with Crippen LogP contribution in [0.3, 0.4) is 0 Å². The van der Waals surface area contributed by atoms with E-state index in [4.69, 9.17) is 37.7 Å². The highest BCUT2D eigenvalue weighted by Crippen LogP contribution is 2.35. The smallest absolute Gasteiger partial charge is 0.394 e. The molecule has 12 heteroatoms. The molecular formula is C45H50O11P+. The van der Waals surface area contributed by atoms with Crippen LogP contribution in [-0.2, 0) is 75.3 Å². The van der Waals surface area contributed by atoms with Gasteiger partial charge in [0.25, 0.3) is 0 Å². The minimum Gasteiger partial charge on any atom is -0.394 e. The molecule has 1 aliphatic heterocycles. The third-order valence-corrected chi connectivity index (χ3v) is 9.82. The topological polar surface area (TPSA) is 131 Å². The molecule has 5 aromatic carbocycles. The maximum absolute atomic E-state index is 12.2. The van der Waals surface area contributed by atoms with Gasteiger partial charge in [-0.2, -0.15) is 0 Å². The highest BCUT2D eigenvalue weighted by atomic mass is 31.1. The maximum Gasteiger partial charge on any atom is 0.695 e. The summed E-state index contributed by atoms with van der Waals surface area (Å²) in [6, 6.07) is 48.3. The number of rotatable bonds is 24. The van der Waals surface area contributed by atoms with Crippen molar-refractivity contribution < 1.29 is 52.2 Å². The van der Waals surface area contributed by atoms with Crippen LogP contribution in [0.5, 0.6) is 0 Å². The zero-order valence-electron chi connectivity index (χ0n) is 31.6. The molecule has 0 saturated carbocycles. The van der Waals surface area contributed by atoms with Crippen LogP contribution in [0.25, 0.3) is 0 Å². The maximum atomic E-state index is 12.2. The second-order valence-electron chi connectivity index (χ2n) is 13.6. The molecule has 11 nitrogen and oxygen atoms in total. The predicted octanol–water partition coefficient (Wildman–Crippen LogP) is 7.31. The lowest BCUT2D eigenvalue weighted by Gasteiger charge is -2.34. The summed E-state index contributed by atoms with van der Waals surface area (Å²) in [6.45, 7) is 0.682. The van der Waals surface area contributed by atoms with Gasteiger partial charge in [-0.1, -0.05) is 152 Å². The first-order chi connectivity index (χ1) is 28.1. The second-order valence-corrected chi connectivity index (χ2v) is 14.2. The summed E-state index contributed by atoms with van der Waals surface area (Å²) in [4.78, 5) is 9.99. The molecule has 8 atom stereocenters. The zero-order valence-corrected chi connectivity index (χ0v) is 32.5. The molecule has 1 saturated heterocycles. The fourth-order valence-electron chi connectivity index (χ4n) is 6.46. The molecule has 0 amide bonds. The van der Waals surface area contributed by atoms with Crippen molar-refractivity contribution in [1.29, 1.82) is 0 Å². The Bertz CT molecular complexity index is 1840. The van der Waals surface area contributed by atoms with Gasteiger partial charge < -0.3 is 38.3 Å². The minimum atomic E-state index is -3.04. The third-order valence-electron chi connectivity index (χ3n) is 9.39. The normalized spacial score (nSPS) is 19.9. The van der Waals surface area contributed by atoms with E-state index in [2.05, 4.69) is 0 Å². The summed E-state index contributed by atoms with van der Waals surface area (Å²) < 4.78 is 62.7. The van der Waals surface area contributed by atoms with E-state index in [1.807, 2.05) is 152 Å². The van der Waals surface area contributed by atoms with Gasteiger partial charge in [0.05, 0.1) is 52.9 Å². The Balaban J connectivity index is 1.25. The lowest BCUT2D eigenvalue weighted by Crippen LogP contribution is -2.48. The Morgan fingerprint density at radius 3 is 1.46 bits per heavy atom. The van der Waals surface area contributed by atoms with Gasteiger partial charge in [0, 0.05) is 4.57 Å². The van der Waals surface area contributed by atoms with E-state index >= 15 is 0 Å². The summed E-state index contributed by atoms with van der Waals surface area (Å²) in [6.07, 6.45) is -6.30. The molecule has 6 rings (SSSR count). The van der Waals surface area contributed by atoms with Crippen molar-refractivity contribution in [1.82, 2.24) is 0 Å². The third kappa shape index (κ3) is 13.7. The number of aliphatic hydroxyl groups excluding tert-OH is 1.